The molecule has 1 aliphatic rings. The molecule has 0 N–H and O–H groups in total. The van der Waals surface area contributed by atoms with Crippen LogP contribution in [0.15, 0.2) is 59.5 Å². The minimum Gasteiger partial charge on any atom is -0.378 e. The van der Waals surface area contributed by atoms with Crippen molar-refractivity contribution in [2.75, 3.05) is 32.1 Å². The standard InChI is InChI=1S/C19H22N2O3S/c1-20(2)16-10-8-15(9-11-16)19(22)21-13-12-18(14-21)25(23,24)17-6-4-3-5-7-17/h3-11,18H,12-14H2,1-2H3. The zero-order valence-electron chi connectivity index (χ0n) is 14.4. The second-order valence-electron chi connectivity index (χ2n) is 6.46. The SMILES string of the molecule is CN(C)c1ccc(C(=O)N2CCC(S(=O)(=O)c3ccccc3)C2)cc1. The molecule has 0 aromatic heterocycles. The van der Waals surface area contributed by atoms with E-state index in [9.17, 15) is 13.2 Å². The molecule has 0 spiro atoms. The summed E-state index contributed by atoms with van der Waals surface area (Å²) in [5.74, 6) is -0.115. The van der Waals surface area contributed by atoms with E-state index in [2.05, 4.69) is 0 Å². The molecule has 2 aromatic rings. The number of rotatable bonds is 4. The van der Waals surface area contributed by atoms with Crippen LogP contribution < -0.4 is 4.90 Å². The van der Waals surface area contributed by atoms with E-state index in [0.717, 1.165) is 5.69 Å². The maximum Gasteiger partial charge on any atom is 0.253 e. The van der Waals surface area contributed by atoms with Gasteiger partial charge in [-0.2, -0.15) is 0 Å². The van der Waals surface area contributed by atoms with Crippen molar-refractivity contribution < 1.29 is 13.2 Å². The molecule has 1 fully saturated rings. The predicted octanol–water partition coefficient (Wildman–Crippen LogP) is 2.44. The highest BCUT2D eigenvalue weighted by molar-refractivity contribution is 7.92. The van der Waals surface area contributed by atoms with Gasteiger partial charge in [0.05, 0.1) is 10.1 Å². The van der Waals surface area contributed by atoms with Gasteiger partial charge in [0.15, 0.2) is 9.84 Å². The lowest BCUT2D eigenvalue weighted by Gasteiger charge is -2.18. The van der Waals surface area contributed by atoms with E-state index < -0.39 is 15.1 Å². The Kier molecular flexibility index (Phi) is 4.81. The number of benzene rings is 2. The number of likely N-dealkylation sites (tertiary alicyclic amines) is 1. The number of hydrogen-bond acceptors (Lipinski definition) is 4. The molecule has 1 saturated heterocycles. The van der Waals surface area contributed by atoms with Gasteiger partial charge in [-0.3, -0.25) is 4.79 Å². The summed E-state index contributed by atoms with van der Waals surface area (Å²) in [5.41, 5.74) is 1.60. The van der Waals surface area contributed by atoms with Crippen molar-refractivity contribution >= 4 is 21.4 Å². The minimum atomic E-state index is -3.41. The van der Waals surface area contributed by atoms with Gasteiger partial charge in [-0.25, -0.2) is 8.42 Å². The monoisotopic (exact) mass is 358 g/mol. The summed E-state index contributed by atoms with van der Waals surface area (Å²) < 4.78 is 25.4. The number of hydrogen-bond donors (Lipinski definition) is 0. The number of sulfone groups is 1. The molecule has 0 bridgehead atoms. The molecule has 3 rings (SSSR count). The molecule has 5 nitrogen and oxygen atoms in total. The van der Waals surface area contributed by atoms with Gasteiger partial charge in [0, 0.05) is 38.4 Å². The van der Waals surface area contributed by atoms with Crippen LogP contribution in [-0.4, -0.2) is 51.7 Å². The molecule has 6 heteroatoms. The first kappa shape index (κ1) is 17.5. The second-order valence-corrected chi connectivity index (χ2v) is 8.69. The van der Waals surface area contributed by atoms with Crippen LogP contribution in [0, 0.1) is 0 Å². The van der Waals surface area contributed by atoms with Gasteiger partial charge in [0.2, 0.25) is 0 Å². The van der Waals surface area contributed by atoms with Crippen LogP contribution in [0.5, 0.6) is 0 Å². The Hall–Kier alpha value is -2.34. The fourth-order valence-electron chi connectivity index (χ4n) is 3.05. The Morgan fingerprint density at radius 3 is 2.28 bits per heavy atom. The topological polar surface area (TPSA) is 57.7 Å². The highest BCUT2D eigenvalue weighted by Gasteiger charge is 2.36. The number of carbonyl (C=O) groups is 1. The zero-order chi connectivity index (χ0) is 18.0. The first-order valence-electron chi connectivity index (χ1n) is 8.25. The van der Waals surface area contributed by atoms with Crippen molar-refractivity contribution in [2.45, 2.75) is 16.6 Å². The average molecular weight is 358 g/mol. The Morgan fingerprint density at radius 1 is 1.04 bits per heavy atom. The molecular formula is C19H22N2O3S. The highest BCUT2D eigenvalue weighted by Crippen LogP contribution is 2.25. The Bertz CT molecular complexity index is 846. The number of carbonyl (C=O) groups excluding carboxylic acids is 1. The molecule has 1 heterocycles. The molecule has 2 aromatic carbocycles. The third-order valence-corrected chi connectivity index (χ3v) is 6.77. The summed E-state index contributed by atoms with van der Waals surface area (Å²) in [6.07, 6.45) is 0.471. The second kappa shape index (κ2) is 6.88. The molecule has 132 valence electrons. The van der Waals surface area contributed by atoms with E-state index in [-0.39, 0.29) is 12.5 Å². The lowest BCUT2D eigenvalue weighted by molar-refractivity contribution is 0.0793. The van der Waals surface area contributed by atoms with Crippen molar-refractivity contribution in [1.82, 2.24) is 4.90 Å². The predicted molar refractivity (Wildman–Crippen MR) is 98.7 cm³/mol. The summed E-state index contributed by atoms with van der Waals surface area (Å²) in [7, 11) is 0.476. The largest absolute Gasteiger partial charge is 0.378 e. The fourth-order valence-corrected chi connectivity index (χ4v) is 4.77. The van der Waals surface area contributed by atoms with Gasteiger partial charge >= 0.3 is 0 Å². The average Bonchev–Trinajstić information content (AvgIpc) is 3.13. The molecule has 1 unspecified atom stereocenters. The van der Waals surface area contributed by atoms with Crippen LogP contribution in [0.3, 0.4) is 0 Å². The van der Waals surface area contributed by atoms with Gasteiger partial charge in [-0.15, -0.1) is 0 Å². The quantitative estimate of drug-likeness (QED) is 0.842. The van der Waals surface area contributed by atoms with Crippen LogP contribution in [0.4, 0.5) is 5.69 Å². The van der Waals surface area contributed by atoms with E-state index in [1.54, 1.807) is 47.4 Å². The third-order valence-electron chi connectivity index (χ3n) is 4.57. The molecule has 0 aliphatic carbocycles. The van der Waals surface area contributed by atoms with Crippen LogP contribution in [0.2, 0.25) is 0 Å². The van der Waals surface area contributed by atoms with Gasteiger partial charge < -0.3 is 9.80 Å². The fraction of sp³-hybridized carbons (Fsp3) is 0.316. The minimum absolute atomic E-state index is 0.115. The van der Waals surface area contributed by atoms with Crippen LogP contribution in [0.25, 0.3) is 0 Å². The Morgan fingerprint density at radius 2 is 1.68 bits per heavy atom. The lowest BCUT2D eigenvalue weighted by Crippen LogP contribution is -2.32. The number of anilines is 1. The molecular weight excluding hydrogens is 336 g/mol. The van der Waals surface area contributed by atoms with Crippen molar-refractivity contribution in [2.24, 2.45) is 0 Å². The Labute approximate surface area is 148 Å². The molecule has 25 heavy (non-hydrogen) atoms. The van der Waals surface area contributed by atoms with Crippen LogP contribution in [0.1, 0.15) is 16.8 Å². The summed E-state index contributed by atoms with van der Waals surface area (Å²) in [6, 6.07) is 15.8. The molecule has 0 radical (unpaired) electrons. The van der Waals surface area contributed by atoms with Crippen molar-refractivity contribution in [3.63, 3.8) is 0 Å². The third kappa shape index (κ3) is 3.54. The van der Waals surface area contributed by atoms with Gasteiger partial charge in [-0.05, 0) is 42.8 Å². The van der Waals surface area contributed by atoms with Crippen molar-refractivity contribution in [1.29, 1.82) is 0 Å². The smallest absolute Gasteiger partial charge is 0.253 e. The van der Waals surface area contributed by atoms with E-state index in [0.29, 0.717) is 23.4 Å². The summed E-state index contributed by atoms with van der Waals surface area (Å²) in [5, 5.41) is -0.542. The van der Waals surface area contributed by atoms with Crippen LogP contribution >= 0.6 is 0 Å². The molecule has 1 aliphatic heterocycles. The maximum absolute atomic E-state index is 12.7. The van der Waals surface area contributed by atoms with E-state index >= 15 is 0 Å². The zero-order valence-corrected chi connectivity index (χ0v) is 15.2. The Balaban J connectivity index is 1.73. The maximum atomic E-state index is 12.7. The highest BCUT2D eigenvalue weighted by atomic mass is 32.2. The molecule has 1 amide bonds. The normalized spacial score (nSPS) is 17.5. The van der Waals surface area contributed by atoms with E-state index in [1.807, 2.05) is 31.1 Å². The number of amides is 1. The van der Waals surface area contributed by atoms with Gasteiger partial charge in [0.25, 0.3) is 5.91 Å². The summed E-state index contributed by atoms with van der Waals surface area (Å²) in [6.45, 7) is 0.705. The van der Waals surface area contributed by atoms with Crippen molar-refractivity contribution in [3.8, 4) is 0 Å². The van der Waals surface area contributed by atoms with Crippen LogP contribution in [-0.2, 0) is 9.84 Å². The van der Waals surface area contributed by atoms with E-state index in [1.165, 1.54) is 0 Å². The van der Waals surface area contributed by atoms with Gasteiger partial charge in [-0.1, -0.05) is 18.2 Å². The summed E-state index contributed by atoms with van der Waals surface area (Å²) >= 11 is 0. The van der Waals surface area contributed by atoms with Crippen molar-refractivity contribution in [3.05, 3.63) is 60.2 Å². The van der Waals surface area contributed by atoms with E-state index in [4.69, 9.17) is 0 Å². The van der Waals surface area contributed by atoms with Gasteiger partial charge in [0.1, 0.15) is 0 Å². The first-order chi connectivity index (χ1) is 11.9. The lowest BCUT2D eigenvalue weighted by atomic mass is 10.2. The molecule has 0 saturated carbocycles. The molecule has 1 atom stereocenters. The number of nitrogens with zero attached hydrogens (tertiary/aromatic N) is 2. The summed E-state index contributed by atoms with van der Waals surface area (Å²) in [4.78, 5) is 16.6. The first-order valence-corrected chi connectivity index (χ1v) is 9.80.